The zero-order chi connectivity index (χ0) is 11.6. The summed E-state index contributed by atoms with van der Waals surface area (Å²) in [6, 6.07) is 0.394. The number of hydrogen-bond donors (Lipinski definition) is 1. The van der Waals surface area contributed by atoms with E-state index in [1.807, 2.05) is 0 Å². The van der Waals surface area contributed by atoms with Crippen LogP contribution in [0.4, 0.5) is 4.39 Å². The van der Waals surface area contributed by atoms with Gasteiger partial charge in [-0.05, 0) is 26.2 Å². The van der Waals surface area contributed by atoms with Crippen LogP contribution in [0.1, 0.15) is 34.1 Å². The lowest BCUT2D eigenvalue weighted by Crippen LogP contribution is -2.53. The van der Waals surface area contributed by atoms with E-state index in [9.17, 15) is 9.50 Å². The number of alkyl halides is 1. The van der Waals surface area contributed by atoms with Gasteiger partial charge < -0.3 is 5.11 Å². The van der Waals surface area contributed by atoms with E-state index in [1.165, 1.54) is 0 Å². The van der Waals surface area contributed by atoms with E-state index >= 15 is 0 Å². The van der Waals surface area contributed by atoms with E-state index < -0.39 is 6.17 Å². The van der Waals surface area contributed by atoms with Crippen molar-refractivity contribution in [1.82, 2.24) is 4.90 Å². The summed E-state index contributed by atoms with van der Waals surface area (Å²) in [5, 5.41) is 9.24. The van der Waals surface area contributed by atoms with Gasteiger partial charge in [0.1, 0.15) is 6.17 Å². The molecule has 3 unspecified atom stereocenters. The predicted octanol–water partition coefficient (Wildman–Crippen LogP) is 2.07. The maximum atomic E-state index is 13.8. The van der Waals surface area contributed by atoms with E-state index in [4.69, 9.17) is 0 Å². The van der Waals surface area contributed by atoms with Gasteiger partial charge in [0.15, 0.2) is 0 Å². The van der Waals surface area contributed by atoms with Gasteiger partial charge in [0.2, 0.25) is 0 Å². The van der Waals surface area contributed by atoms with Crippen molar-refractivity contribution in [3.05, 3.63) is 0 Å². The molecule has 3 heteroatoms. The van der Waals surface area contributed by atoms with Crippen LogP contribution in [0.3, 0.4) is 0 Å². The van der Waals surface area contributed by atoms with Crippen LogP contribution in [0.5, 0.6) is 0 Å². The number of halogens is 1. The monoisotopic (exact) mass is 217 g/mol. The Hall–Kier alpha value is -0.150. The van der Waals surface area contributed by atoms with E-state index in [-0.39, 0.29) is 18.6 Å². The van der Waals surface area contributed by atoms with Crippen LogP contribution in [-0.4, -0.2) is 41.4 Å². The molecule has 0 saturated carbocycles. The van der Waals surface area contributed by atoms with Gasteiger partial charge in [-0.15, -0.1) is 0 Å². The van der Waals surface area contributed by atoms with E-state index in [0.29, 0.717) is 18.4 Å². The molecule has 3 atom stereocenters. The van der Waals surface area contributed by atoms with Gasteiger partial charge in [0.25, 0.3) is 0 Å². The lowest BCUT2D eigenvalue weighted by Gasteiger charge is -2.44. The van der Waals surface area contributed by atoms with E-state index in [2.05, 4.69) is 32.6 Å². The van der Waals surface area contributed by atoms with E-state index in [0.717, 1.165) is 6.54 Å². The fraction of sp³-hybridized carbons (Fsp3) is 1.00. The molecule has 0 amide bonds. The standard InChI is InChI=1S/C12H24FNO/c1-8(2)11-6-14(9(3)4)10(7-15)5-12(11)13/h8-12,15H,5-7H2,1-4H3. The lowest BCUT2D eigenvalue weighted by atomic mass is 9.83. The second kappa shape index (κ2) is 5.26. The molecule has 0 aromatic heterocycles. The first kappa shape index (κ1) is 12.9. The highest BCUT2D eigenvalue weighted by atomic mass is 19.1. The first-order chi connectivity index (χ1) is 6.97. The van der Waals surface area contributed by atoms with E-state index in [1.54, 1.807) is 0 Å². The summed E-state index contributed by atoms with van der Waals surface area (Å²) >= 11 is 0. The topological polar surface area (TPSA) is 23.5 Å². The van der Waals surface area contributed by atoms with Crippen molar-refractivity contribution in [2.75, 3.05) is 13.2 Å². The van der Waals surface area contributed by atoms with Crippen LogP contribution in [-0.2, 0) is 0 Å². The molecule has 0 bridgehead atoms. The van der Waals surface area contributed by atoms with Crippen molar-refractivity contribution in [3.63, 3.8) is 0 Å². The molecule has 0 aliphatic carbocycles. The molecule has 1 N–H and O–H groups in total. The molecule has 1 aliphatic heterocycles. The third-order valence-electron chi connectivity index (χ3n) is 3.58. The summed E-state index contributed by atoms with van der Waals surface area (Å²) in [4.78, 5) is 2.24. The molecular formula is C12H24FNO. The third kappa shape index (κ3) is 2.91. The average molecular weight is 217 g/mol. The smallest absolute Gasteiger partial charge is 0.106 e. The number of piperidine rings is 1. The summed E-state index contributed by atoms with van der Waals surface area (Å²) in [5.41, 5.74) is 0. The molecule has 0 aromatic carbocycles. The molecule has 1 rings (SSSR count). The molecule has 2 nitrogen and oxygen atoms in total. The number of nitrogens with zero attached hydrogens (tertiary/aromatic N) is 1. The van der Waals surface area contributed by atoms with Crippen LogP contribution in [0.2, 0.25) is 0 Å². The third-order valence-corrected chi connectivity index (χ3v) is 3.58. The van der Waals surface area contributed by atoms with Crippen LogP contribution >= 0.6 is 0 Å². The van der Waals surface area contributed by atoms with Crippen molar-refractivity contribution >= 4 is 0 Å². The molecule has 1 heterocycles. The summed E-state index contributed by atoms with van der Waals surface area (Å²) in [7, 11) is 0. The van der Waals surface area contributed by atoms with Crippen LogP contribution in [0, 0.1) is 11.8 Å². The van der Waals surface area contributed by atoms with Gasteiger partial charge >= 0.3 is 0 Å². The Morgan fingerprint density at radius 1 is 1.33 bits per heavy atom. The van der Waals surface area contributed by atoms with Crippen molar-refractivity contribution in [3.8, 4) is 0 Å². The number of hydrogen-bond acceptors (Lipinski definition) is 2. The summed E-state index contributed by atoms with van der Waals surface area (Å²) in [5.74, 6) is 0.496. The lowest BCUT2D eigenvalue weighted by molar-refractivity contribution is -0.0175. The molecule has 1 fully saturated rings. The molecule has 1 aliphatic rings. The summed E-state index contributed by atoms with van der Waals surface area (Å²) < 4.78 is 13.8. The Labute approximate surface area is 92.5 Å². The largest absolute Gasteiger partial charge is 0.395 e. The Kier molecular flexibility index (Phi) is 4.53. The van der Waals surface area contributed by atoms with Crippen molar-refractivity contribution in [1.29, 1.82) is 0 Å². The zero-order valence-corrected chi connectivity index (χ0v) is 10.3. The molecule has 1 saturated heterocycles. The van der Waals surface area contributed by atoms with Crippen molar-refractivity contribution in [2.24, 2.45) is 11.8 Å². The Bertz CT molecular complexity index is 196. The maximum Gasteiger partial charge on any atom is 0.106 e. The van der Waals surface area contributed by atoms with Crippen LogP contribution < -0.4 is 0 Å². The molecule has 15 heavy (non-hydrogen) atoms. The van der Waals surface area contributed by atoms with Gasteiger partial charge in [0.05, 0.1) is 6.61 Å². The molecule has 90 valence electrons. The first-order valence-electron chi connectivity index (χ1n) is 5.98. The Balaban J connectivity index is 2.70. The molecule has 0 spiro atoms. The minimum Gasteiger partial charge on any atom is -0.395 e. The number of likely N-dealkylation sites (tertiary alicyclic amines) is 1. The highest BCUT2D eigenvalue weighted by Gasteiger charge is 2.37. The van der Waals surface area contributed by atoms with Crippen LogP contribution in [0.15, 0.2) is 0 Å². The number of rotatable bonds is 3. The summed E-state index contributed by atoms with van der Waals surface area (Å²) in [6.07, 6.45) is -0.269. The molecule has 0 aromatic rings. The fourth-order valence-corrected chi connectivity index (χ4v) is 2.52. The quantitative estimate of drug-likeness (QED) is 0.782. The van der Waals surface area contributed by atoms with Gasteiger partial charge in [-0.1, -0.05) is 13.8 Å². The van der Waals surface area contributed by atoms with Gasteiger partial charge in [-0.25, -0.2) is 4.39 Å². The maximum absolute atomic E-state index is 13.8. The Morgan fingerprint density at radius 2 is 1.93 bits per heavy atom. The fourth-order valence-electron chi connectivity index (χ4n) is 2.52. The molecule has 0 radical (unpaired) electrons. The van der Waals surface area contributed by atoms with Crippen LogP contribution in [0.25, 0.3) is 0 Å². The molecular weight excluding hydrogens is 193 g/mol. The second-order valence-corrected chi connectivity index (χ2v) is 5.29. The van der Waals surface area contributed by atoms with Crippen molar-refractivity contribution < 1.29 is 9.50 Å². The predicted molar refractivity (Wildman–Crippen MR) is 60.6 cm³/mol. The van der Waals surface area contributed by atoms with Gasteiger partial charge in [-0.3, -0.25) is 4.90 Å². The van der Waals surface area contributed by atoms with Crippen molar-refractivity contribution in [2.45, 2.75) is 52.4 Å². The normalized spacial score (nSPS) is 34.0. The first-order valence-corrected chi connectivity index (χ1v) is 5.98. The Morgan fingerprint density at radius 3 is 2.33 bits per heavy atom. The second-order valence-electron chi connectivity index (χ2n) is 5.29. The summed E-state index contributed by atoms with van der Waals surface area (Å²) in [6.45, 7) is 9.23. The van der Waals surface area contributed by atoms with Gasteiger partial charge in [-0.2, -0.15) is 0 Å². The minimum atomic E-state index is -0.753. The zero-order valence-electron chi connectivity index (χ0n) is 10.3. The minimum absolute atomic E-state index is 0.00926. The highest BCUT2D eigenvalue weighted by molar-refractivity contribution is 4.89. The number of aliphatic hydroxyl groups excluding tert-OH is 1. The average Bonchev–Trinajstić information content (AvgIpc) is 2.16. The number of aliphatic hydroxyl groups is 1. The SMILES string of the molecule is CC(C)C1CN(C(C)C)C(CO)CC1F. The van der Waals surface area contributed by atoms with Gasteiger partial charge in [0, 0.05) is 24.5 Å². The highest BCUT2D eigenvalue weighted by Crippen LogP contribution is 2.31.